The van der Waals surface area contributed by atoms with Crippen molar-refractivity contribution in [3.63, 3.8) is 0 Å². The average molecular weight is 572 g/mol. The Bertz CT molecular complexity index is 1580. The zero-order valence-corrected chi connectivity index (χ0v) is 24.8. The molecule has 0 radical (unpaired) electrons. The summed E-state index contributed by atoms with van der Waals surface area (Å²) in [4.78, 5) is 45.2. The van der Waals surface area contributed by atoms with E-state index in [2.05, 4.69) is 0 Å². The number of aromatic nitrogens is 2. The highest BCUT2D eigenvalue weighted by molar-refractivity contribution is 6.84. The first-order chi connectivity index (χ1) is 17.7. The molecule has 4 heterocycles. The summed E-state index contributed by atoms with van der Waals surface area (Å²) < 4.78 is 13.0. The molecule has 0 saturated carbocycles. The maximum absolute atomic E-state index is 13.7. The number of pyridine rings is 2. The Labute approximate surface area is 233 Å². The molecule has 208 valence electrons. The minimum atomic E-state index is -2.36. The van der Waals surface area contributed by atoms with Crippen LogP contribution < -0.4 is 11.3 Å². The molecular weight excluding hydrogens is 538 g/mol. The summed E-state index contributed by atoms with van der Waals surface area (Å²) in [7, 11) is -2.36. The molecule has 0 bridgehead atoms. The molecular formula is C28H34ClN3O6Si. The van der Waals surface area contributed by atoms with Gasteiger partial charge in [0.1, 0.15) is 12.4 Å². The molecule has 0 amide bonds. The van der Waals surface area contributed by atoms with Crippen LogP contribution in [0.4, 0.5) is 0 Å². The summed E-state index contributed by atoms with van der Waals surface area (Å²) in [5, 5.41) is 10.4. The van der Waals surface area contributed by atoms with Gasteiger partial charge in [-0.1, -0.05) is 40.8 Å². The van der Waals surface area contributed by atoms with Crippen molar-refractivity contribution in [3.8, 4) is 17.1 Å². The first-order valence-electron chi connectivity index (χ1n) is 12.8. The number of carbonyl (C=O) groups excluding carboxylic acids is 2. The molecule has 2 atom stereocenters. The number of fused-ring (bicyclic) bond motifs is 5. The van der Waals surface area contributed by atoms with E-state index in [0.717, 1.165) is 10.9 Å². The van der Waals surface area contributed by atoms with E-state index in [1.54, 1.807) is 35.8 Å². The number of cyclic esters (lactones) is 1. The number of benzene rings is 1. The Morgan fingerprint density at radius 1 is 1.26 bits per heavy atom. The molecule has 1 aromatic carbocycles. The number of phenolic OH excluding ortho intramolecular Hbond substituents is 1. The van der Waals surface area contributed by atoms with Gasteiger partial charge in [-0.05, 0) is 41.8 Å². The largest absolute Gasteiger partial charge is 0.508 e. The summed E-state index contributed by atoms with van der Waals surface area (Å²) in [6.45, 7) is 12.0. The summed E-state index contributed by atoms with van der Waals surface area (Å²) >= 11 is 0. The third-order valence-corrected chi connectivity index (χ3v) is 14.4. The minimum absolute atomic E-state index is 0. The van der Waals surface area contributed by atoms with Crippen LogP contribution >= 0.6 is 12.4 Å². The van der Waals surface area contributed by atoms with Gasteiger partial charge in [0.2, 0.25) is 5.60 Å². The Balaban J connectivity index is 0.00000353. The molecule has 2 aliphatic heterocycles. The lowest BCUT2D eigenvalue weighted by Crippen LogP contribution is -2.60. The fraction of sp³-hybridized carbons (Fsp3) is 0.429. The molecule has 11 heteroatoms. The second-order valence-corrected chi connectivity index (χ2v) is 17.4. The van der Waals surface area contributed by atoms with Gasteiger partial charge in [0.15, 0.2) is 0 Å². The predicted octanol–water partition coefficient (Wildman–Crippen LogP) is 4.13. The van der Waals surface area contributed by atoms with Gasteiger partial charge >= 0.3 is 11.9 Å². The van der Waals surface area contributed by atoms with E-state index in [4.69, 9.17) is 20.2 Å². The van der Waals surface area contributed by atoms with E-state index in [1.165, 1.54) is 0 Å². The standard InChI is InChI=1S/C28H33N3O6Si.ClH/c1-7-28(37-25(34)23(29)38(5,6)27(2,3)4)19-12-21-22-16(10-15-11-17(32)8-9-20(15)30-22)13-31(21)24(33)18(19)14-36-26(28)35;/h8-12,23,32H,7,13-14,29H2,1-6H3;1H. The number of hydrogen-bond acceptors (Lipinski definition) is 8. The number of halogens is 1. The highest BCUT2D eigenvalue weighted by atomic mass is 35.5. The topological polar surface area (TPSA) is 134 Å². The molecule has 0 aliphatic carbocycles. The number of aromatic hydroxyl groups is 1. The molecule has 3 N–H and O–H groups in total. The second-order valence-electron chi connectivity index (χ2n) is 11.8. The SMILES string of the molecule is CCC1(OC(=O)C(N)[Si](C)(C)C(C)(C)C)C(=O)OCc2c1cc1n(c2=O)Cc2cc3cc(O)ccc3nc2-1.Cl. The maximum Gasteiger partial charge on any atom is 0.355 e. The fourth-order valence-corrected chi connectivity index (χ4v) is 6.71. The van der Waals surface area contributed by atoms with Gasteiger partial charge in [0.05, 0.1) is 42.8 Å². The van der Waals surface area contributed by atoms with Crippen molar-refractivity contribution in [2.75, 3.05) is 0 Å². The van der Waals surface area contributed by atoms with Crippen molar-refractivity contribution in [1.29, 1.82) is 0 Å². The van der Waals surface area contributed by atoms with Gasteiger partial charge in [0, 0.05) is 16.5 Å². The van der Waals surface area contributed by atoms with E-state index in [1.807, 2.05) is 39.9 Å². The van der Waals surface area contributed by atoms with Crippen LogP contribution in [0.25, 0.3) is 22.3 Å². The lowest BCUT2D eigenvalue weighted by atomic mass is 9.85. The molecule has 0 fully saturated rings. The summed E-state index contributed by atoms with van der Waals surface area (Å²) in [6.07, 6.45) is 0.0783. The van der Waals surface area contributed by atoms with Crippen molar-refractivity contribution in [2.45, 2.75) is 76.7 Å². The Morgan fingerprint density at radius 2 is 1.95 bits per heavy atom. The summed E-state index contributed by atoms with van der Waals surface area (Å²) in [5.74, 6) is -1.26. The Hall–Kier alpha value is -3.21. The quantitative estimate of drug-likeness (QED) is 0.276. The lowest BCUT2D eigenvalue weighted by molar-refractivity contribution is -0.189. The minimum Gasteiger partial charge on any atom is -0.508 e. The molecule has 2 aromatic heterocycles. The van der Waals surface area contributed by atoms with Gasteiger partial charge in [0.25, 0.3) is 5.56 Å². The molecule has 5 rings (SSSR count). The van der Waals surface area contributed by atoms with Crippen LogP contribution in [0.5, 0.6) is 5.75 Å². The van der Waals surface area contributed by atoms with E-state index < -0.39 is 31.3 Å². The van der Waals surface area contributed by atoms with Crippen LogP contribution in [0, 0.1) is 0 Å². The van der Waals surface area contributed by atoms with Gasteiger partial charge in [-0.3, -0.25) is 9.59 Å². The van der Waals surface area contributed by atoms with Gasteiger partial charge in [-0.2, -0.15) is 0 Å². The number of phenols is 1. The van der Waals surface area contributed by atoms with Crippen LogP contribution in [0.1, 0.15) is 50.8 Å². The molecule has 0 spiro atoms. The number of nitrogens with zero attached hydrogens (tertiary/aromatic N) is 2. The number of hydrogen-bond donors (Lipinski definition) is 2. The number of rotatable bonds is 4. The van der Waals surface area contributed by atoms with Gasteiger partial charge < -0.3 is 24.9 Å². The molecule has 39 heavy (non-hydrogen) atoms. The molecule has 2 aliphatic rings. The predicted molar refractivity (Wildman–Crippen MR) is 152 cm³/mol. The van der Waals surface area contributed by atoms with E-state index in [0.29, 0.717) is 29.0 Å². The van der Waals surface area contributed by atoms with E-state index >= 15 is 0 Å². The van der Waals surface area contributed by atoms with E-state index in [-0.39, 0.29) is 47.3 Å². The van der Waals surface area contributed by atoms with Crippen LogP contribution in [0.15, 0.2) is 35.1 Å². The summed E-state index contributed by atoms with van der Waals surface area (Å²) in [6, 6.07) is 8.52. The first-order valence-corrected chi connectivity index (χ1v) is 15.8. The smallest absolute Gasteiger partial charge is 0.355 e. The summed E-state index contributed by atoms with van der Waals surface area (Å²) in [5.41, 5.74) is 6.69. The Kier molecular flexibility index (Phi) is 6.98. The van der Waals surface area contributed by atoms with Crippen molar-refractivity contribution in [3.05, 3.63) is 57.4 Å². The van der Waals surface area contributed by atoms with Crippen LogP contribution in [-0.2, 0) is 37.8 Å². The van der Waals surface area contributed by atoms with Crippen molar-refractivity contribution < 1.29 is 24.2 Å². The number of nitrogens with two attached hydrogens (primary N) is 1. The molecule has 2 unspecified atom stereocenters. The van der Waals surface area contributed by atoms with Gasteiger partial charge in [-0.25, -0.2) is 9.78 Å². The third-order valence-electron chi connectivity index (χ3n) is 8.70. The molecule has 0 saturated heterocycles. The van der Waals surface area contributed by atoms with Crippen LogP contribution in [0.3, 0.4) is 0 Å². The second kappa shape index (κ2) is 9.46. The van der Waals surface area contributed by atoms with Gasteiger partial charge in [-0.15, -0.1) is 12.4 Å². The number of carbonyl (C=O) groups is 2. The lowest BCUT2D eigenvalue weighted by Gasteiger charge is -2.42. The Morgan fingerprint density at radius 3 is 2.59 bits per heavy atom. The third kappa shape index (κ3) is 4.25. The zero-order chi connectivity index (χ0) is 27.8. The number of esters is 2. The fourth-order valence-electron chi connectivity index (χ4n) is 5.13. The van der Waals surface area contributed by atoms with Crippen molar-refractivity contribution in [2.24, 2.45) is 5.73 Å². The zero-order valence-electron chi connectivity index (χ0n) is 23.0. The van der Waals surface area contributed by atoms with Crippen molar-refractivity contribution in [1.82, 2.24) is 9.55 Å². The first kappa shape index (κ1) is 28.8. The van der Waals surface area contributed by atoms with E-state index in [9.17, 15) is 19.5 Å². The van der Waals surface area contributed by atoms with Crippen LogP contribution in [-0.4, -0.2) is 40.3 Å². The normalized spacial score (nSPS) is 18.9. The monoisotopic (exact) mass is 571 g/mol. The highest BCUT2D eigenvalue weighted by Crippen LogP contribution is 2.43. The molecule has 3 aromatic rings. The highest BCUT2D eigenvalue weighted by Gasteiger charge is 2.53. The molecule has 9 nitrogen and oxygen atoms in total. The van der Waals surface area contributed by atoms with Crippen molar-refractivity contribution >= 4 is 43.3 Å². The number of ether oxygens (including phenoxy) is 2. The van der Waals surface area contributed by atoms with Crippen LogP contribution in [0.2, 0.25) is 18.1 Å². The maximum atomic E-state index is 13.7. The average Bonchev–Trinajstić information content (AvgIpc) is 3.21.